The number of imidazole rings is 1. The van der Waals surface area contributed by atoms with Crippen LogP contribution >= 0.6 is 0 Å². The molecule has 0 aliphatic carbocycles. The number of rotatable bonds is 6. The van der Waals surface area contributed by atoms with Crippen LogP contribution in [0.25, 0.3) is 0 Å². The SMILES string of the molecule is CC(C)(C)NS(=O)(=O)c1cn(CCC(C)(C)NC(N)=O)cn1. The molecule has 0 unspecified atom stereocenters. The van der Waals surface area contributed by atoms with E-state index in [1.54, 1.807) is 25.3 Å². The molecule has 0 aliphatic heterocycles. The quantitative estimate of drug-likeness (QED) is 0.714. The molecule has 0 aliphatic rings. The predicted octanol–water partition coefficient (Wildman–Crippen LogP) is 0.797. The maximum absolute atomic E-state index is 12.1. The smallest absolute Gasteiger partial charge is 0.312 e. The fraction of sp³-hybridized carbons (Fsp3) is 0.692. The van der Waals surface area contributed by atoms with Crippen molar-refractivity contribution in [2.24, 2.45) is 5.73 Å². The number of aromatic nitrogens is 2. The third kappa shape index (κ3) is 6.02. The Morgan fingerprint density at radius 3 is 2.41 bits per heavy atom. The lowest BCUT2D eigenvalue weighted by atomic mass is 10.0. The lowest BCUT2D eigenvalue weighted by Gasteiger charge is -2.25. The van der Waals surface area contributed by atoms with Crippen molar-refractivity contribution in [3.8, 4) is 0 Å². The number of hydrogen-bond acceptors (Lipinski definition) is 4. The summed E-state index contributed by atoms with van der Waals surface area (Å²) in [5.41, 5.74) is 4.05. The molecule has 2 amide bonds. The summed E-state index contributed by atoms with van der Waals surface area (Å²) in [4.78, 5) is 14.8. The molecule has 0 spiro atoms. The van der Waals surface area contributed by atoms with E-state index in [9.17, 15) is 13.2 Å². The zero-order chi connectivity index (χ0) is 17.2. The Labute approximate surface area is 131 Å². The number of aryl methyl sites for hydroxylation is 1. The topological polar surface area (TPSA) is 119 Å². The molecule has 9 heteroatoms. The van der Waals surface area contributed by atoms with Crippen LogP contribution in [0.3, 0.4) is 0 Å². The molecule has 8 nitrogen and oxygen atoms in total. The first kappa shape index (κ1) is 18.4. The third-order valence-corrected chi connectivity index (χ3v) is 4.42. The van der Waals surface area contributed by atoms with Crippen LogP contribution in [0.2, 0.25) is 0 Å². The van der Waals surface area contributed by atoms with Crippen LogP contribution in [0.1, 0.15) is 41.0 Å². The van der Waals surface area contributed by atoms with Gasteiger partial charge in [0, 0.05) is 23.8 Å². The van der Waals surface area contributed by atoms with Crippen LogP contribution in [0.5, 0.6) is 0 Å². The van der Waals surface area contributed by atoms with Gasteiger partial charge in [-0.3, -0.25) is 0 Å². The van der Waals surface area contributed by atoms with Gasteiger partial charge < -0.3 is 15.6 Å². The minimum absolute atomic E-state index is 0.0249. The Morgan fingerprint density at radius 2 is 1.91 bits per heavy atom. The molecular weight excluding hydrogens is 306 g/mol. The number of nitrogens with one attached hydrogen (secondary N) is 2. The first-order valence-corrected chi connectivity index (χ1v) is 8.42. The summed E-state index contributed by atoms with van der Waals surface area (Å²) in [6.07, 6.45) is 3.50. The Bertz CT molecular complexity index is 628. The first-order chi connectivity index (χ1) is 9.81. The molecule has 1 heterocycles. The number of primary amides is 1. The molecule has 1 aromatic rings. The van der Waals surface area contributed by atoms with E-state index < -0.39 is 27.1 Å². The van der Waals surface area contributed by atoms with E-state index in [0.717, 1.165) is 0 Å². The molecule has 0 fully saturated rings. The first-order valence-electron chi connectivity index (χ1n) is 6.94. The van der Waals surface area contributed by atoms with Gasteiger partial charge in [-0.1, -0.05) is 0 Å². The summed E-state index contributed by atoms with van der Waals surface area (Å²) >= 11 is 0. The maximum Gasteiger partial charge on any atom is 0.312 e. The molecule has 126 valence electrons. The number of carbonyl (C=O) groups excluding carboxylic acids is 1. The molecule has 0 saturated heterocycles. The fourth-order valence-electron chi connectivity index (χ4n) is 1.86. The van der Waals surface area contributed by atoms with Crippen molar-refractivity contribution in [3.63, 3.8) is 0 Å². The monoisotopic (exact) mass is 331 g/mol. The highest BCUT2D eigenvalue weighted by Gasteiger charge is 2.24. The molecule has 0 aromatic carbocycles. The lowest BCUT2D eigenvalue weighted by Crippen LogP contribution is -2.46. The van der Waals surface area contributed by atoms with Crippen molar-refractivity contribution in [3.05, 3.63) is 12.5 Å². The Kier molecular flexibility index (Phi) is 5.24. The molecule has 0 radical (unpaired) electrons. The van der Waals surface area contributed by atoms with E-state index in [0.29, 0.717) is 13.0 Å². The summed E-state index contributed by atoms with van der Waals surface area (Å²) in [7, 11) is -3.64. The van der Waals surface area contributed by atoms with E-state index in [1.165, 1.54) is 12.5 Å². The van der Waals surface area contributed by atoms with Gasteiger partial charge in [0.1, 0.15) is 0 Å². The van der Waals surface area contributed by atoms with Crippen LogP contribution < -0.4 is 15.8 Å². The van der Waals surface area contributed by atoms with Gasteiger partial charge in [-0.2, -0.15) is 0 Å². The van der Waals surface area contributed by atoms with E-state index in [1.807, 2.05) is 13.8 Å². The van der Waals surface area contributed by atoms with Gasteiger partial charge in [-0.05, 0) is 41.0 Å². The minimum atomic E-state index is -3.64. The summed E-state index contributed by atoms with van der Waals surface area (Å²) < 4.78 is 28.5. The second kappa shape index (κ2) is 6.25. The van der Waals surface area contributed by atoms with Crippen LogP contribution in [0.4, 0.5) is 4.79 Å². The van der Waals surface area contributed by atoms with Crippen molar-refractivity contribution in [1.82, 2.24) is 19.6 Å². The number of carbonyl (C=O) groups is 1. The molecule has 0 atom stereocenters. The third-order valence-electron chi connectivity index (χ3n) is 2.78. The molecule has 22 heavy (non-hydrogen) atoms. The van der Waals surface area contributed by atoms with Crippen molar-refractivity contribution in [1.29, 1.82) is 0 Å². The van der Waals surface area contributed by atoms with Crippen LogP contribution in [0.15, 0.2) is 17.6 Å². The van der Waals surface area contributed by atoms with E-state index >= 15 is 0 Å². The van der Waals surface area contributed by atoms with Crippen LogP contribution in [-0.4, -0.2) is 35.1 Å². The number of nitrogens with zero attached hydrogens (tertiary/aromatic N) is 2. The van der Waals surface area contributed by atoms with Crippen molar-refractivity contribution >= 4 is 16.1 Å². The van der Waals surface area contributed by atoms with E-state index in [4.69, 9.17) is 5.73 Å². The van der Waals surface area contributed by atoms with Crippen LogP contribution in [0, 0.1) is 0 Å². The fourth-order valence-corrected chi connectivity index (χ4v) is 3.23. The van der Waals surface area contributed by atoms with Gasteiger partial charge >= 0.3 is 6.03 Å². The zero-order valence-electron chi connectivity index (χ0n) is 13.7. The number of sulfonamides is 1. The lowest BCUT2D eigenvalue weighted by molar-refractivity contribution is 0.235. The summed E-state index contributed by atoms with van der Waals surface area (Å²) in [5.74, 6) is 0. The van der Waals surface area contributed by atoms with Crippen molar-refractivity contribution in [2.45, 2.75) is 63.7 Å². The van der Waals surface area contributed by atoms with Gasteiger partial charge in [0.25, 0.3) is 10.0 Å². The second-order valence-corrected chi connectivity index (χ2v) is 8.56. The molecule has 1 aromatic heterocycles. The Morgan fingerprint density at radius 1 is 1.32 bits per heavy atom. The van der Waals surface area contributed by atoms with Crippen molar-refractivity contribution < 1.29 is 13.2 Å². The standard InChI is InChI=1S/C13H25N5O3S/c1-12(2,3)17-22(20,21)10-8-18(9-15-10)7-6-13(4,5)16-11(14)19/h8-9,17H,6-7H2,1-5H3,(H3,14,16,19). The number of amides is 2. The predicted molar refractivity (Wildman–Crippen MR) is 83.7 cm³/mol. The second-order valence-electron chi connectivity index (χ2n) is 6.93. The Balaban J connectivity index is 2.75. The minimum Gasteiger partial charge on any atom is -0.352 e. The van der Waals surface area contributed by atoms with E-state index in [2.05, 4.69) is 15.0 Å². The molecule has 0 bridgehead atoms. The zero-order valence-corrected chi connectivity index (χ0v) is 14.5. The van der Waals surface area contributed by atoms with E-state index in [-0.39, 0.29) is 5.03 Å². The van der Waals surface area contributed by atoms with Gasteiger partial charge in [-0.15, -0.1) is 0 Å². The normalized spacial score (nSPS) is 13.1. The molecule has 4 N–H and O–H groups in total. The Hall–Kier alpha value is -1.61. The van der Waals surface area contributed by atoms with Gasteiger partial charge in [-0.25, -0.2) is 22.9 Å². The van der Waals surface area contributed by atoms with Gasteiger partial charge in [0.15, 0.2) is 5.03 Å². The highest BCUT2D eigenvalue weighted by atomic mass is 32.2. The van der Waals surface area contributed by atoms with Gasteiger partial charge in [0.05, 0.1) is 6.33 Å². The largest absolute Gasteiger partial charge is 0.352 e. The summed E-state index contributed by atoms with van der Waals surface area (Å²) in [6, 6.07) is -0.590. The highest BCUT2D eigenvalue weighted by molar-refractivity contribution is 7.89. The highest BCUT2D eigenvalue weighted by Crippen LogP contribution is 2.13. The maximum atomic E-state index is 12.1. The van der Waals surface area contributed by atoms with Crippen LogP contribution in [-0.2, 0) is 16.6 Å². The number of urea groups is 1. The number of hydrogen-bond donors (Lipinski definition) is 3. The number of nitrogens with two attached hydrogens (primary N) is 1. The van der Waals surface area contributed by atoms with Gasteiger partial charge in [0.2, 0.25) is 0 Å². The van der Waals surface area contributed by atoms with Crippen molar-refractivity contribution in [2.75, 3.05) is 0 Å². The molecule has 0 saturated carbocycles. The average molecular weight is 331 g/mol. The molecule has 1 rings (SSSR count). The summed E-state index contributed by atoms with van der Waals surface area (Å²) in [6.45, 7) is 9.48. The molecular formula is C13H25N5O3S. The average Bonchev–Trinajstić information content (AvgIpc) is 2.70. The summed E-state index contributed by atoms with van der Waals surface area (Å²) in [5, 5.41) is 2.61.